The van der Waals surface area contributed by atoms with Crippen molar-refractivity contribution in [2.24, 2.45) is 0 Å². The van der Waals surface area contributed by atoms with E-state index in [1.54, 1.807) is 25.1 Å². The Hall–Kier alpha value is -1.66. The Morgan fingerprint density at radius 2 is 1.95 bits per heavy atom. The third-order valence-electron chi connectivity index (χ3n) is 2.76. The number of hydrogen-bond acceptors (Lipinski definition) is 4. The van der Waals surface area contributed by atoms with Crippen LogP contribution in [0.4, 0.5) is 0 Å². The van der Waals surface area contributed by atoms with Crippen LogP contribution in [-0.4, -0.2) is 13.6 Å². The van der Waals surface area contributed by atoms with Gasteiger partial charge in [0.05, 0.1) is 17.1 Å². The predicted molar refractivity (Wildman–Crippen MR) is 71.1 cm³/mol. The van der Waals surface area contributed by atoms with Crippen molar-refractivity contribution in [2.45, 2.75) is 31.7 Å². The molecule has 1 heterocycles. The lowest BCUT2D eigenvalue weighted by atomic mass is 10.2. The predicted octanol–water partition coefficient (Wildman–Crippen LogP) is 2.02. The molecule has 0 aliphatic rings. The number of rotatable bonds is 5. The molecule has 0 aliphatic carbocycles. The second-order valence-electron chi connectivity index (χ2n) is 4.25. The summed E-state index contributed by atoms with van der Waals surface area (Å²) in [6, 6.07) is 8.54. The van der Waals surface area contributed by atoms with Crippen molar-refractivity contribution < 1.29 is 12.9 Å². The smallest absolute Gasteiger partial charge is 0.240 e. The number of nitrogens with zero attached hydrogens (tertiary/aromatic N) is 1. The number of aromatic nitrogens is 1. The van der Waals surface area contributed by atoms with E-state index in [2.05, 4.69) is 9.88 Å². The van der Waals surface area contributed by atoms with Gasteiger partial charge in [-0.25, -0.2) is 13.1 Å². The molecular formula is C13H16N2O3S. The quantitative estimate of drug-likeness (QED) is 0.909. The molecule has 0 unspecified atom stereocenters. The van der Waals surface area contributed by atoms with Crippen molar-refractivity contribution in [3.8, 4) is 0 Å². The Labute approximate surface area is 112 Å². The normalized spacial score (nSPS) is 11.7. The fourth-order valence-corrected chi connectivity index (χ4v) is 2.66. The third kappa shape index (κ3) is 3.42. The first-order chi connectivity index (χ1) is 9.01. The largest absolute Gasteiger partial charge is 0.361 e. The van der Waals surface area contributed by atoms with Crippen LogP contribution in [0.2, 0.25) is 0 Å². The molecule has 1 aromatic heterocycles. The zero-order chi connectivity index (χ0) is 13.9. The molecule has 6 heteroatoms. The Morgan fingerprint density at radius 1 is 1.26 bits per heavy atom. The molecule has 0 saturated heterocycles. The molecule has 0 saturated carbocycles. The van der Waals surface area contributed by atoms with Crippen LogP contribution in [0.3, 0.4) is 0 Å². The molecular weight excluding hydrogens is 264 g/mol. The van der Waals surface area contributed by atoms with Crippen molar-refractivity contribution in [1.82, 2.24) is 9.88 Å². The first kappa shape index (κ1) is 13.8. The summed E-state index contributed by atoms with van der Waals surface area (Å²) >= 11 is 0. The SMILES string of the molecule is CCc1ccc(S(=O)(=O)NCc2cc(C)on2)cc1. The number of benzene rings is 1. The molecule has 2 rings (SSSR count). The summed E-state index contributed by atoms with van der Waals surface area (Å²) in [4.78, 5) is 0.255. The third-order valence-corrected chi connectivity index (χ3v) is 4.18. The summed E-state index contributed by atoms with van der Waals surface area (Å²) in [5.74, 6) is 0.654. The second-order valence-corrected chi connectivity index (χ2v) is 6.02. The van der Waals surface area contributed by atoms with Gasteiger partial charge in [0.2, 0.25) is 10.0 Å². The lowest BCUT2D eigenvalue weighted by Gasteiger charge is -2.05. The fourth-order valence-electron chi connectivity index (χ4n) is 1.66. The minimum atomic E-state index is -3.51. The van der Waals surface area contributed by atoms with E-state index in [1.165, 1.54) is 0 Å². The molecule has 0 bridgehead atoms. The maximum atomic E-state index is 12.0. The van der Waals surface area contributed by atoms with Gasteiger partial charge in [-0.1, -0.05) is 24.2 Å². The van der Waals surface area contributed by atoms with E-state index in [0.29, 0.717) is 11.5 Å². The van der Waals surface area contributed by atoms with Gasteiger partial charge >= 0.3 is 0 Å². The van der Waals surface area contributed by atoms with Crippen molar-refractivity contribution in [3.05, 3.63) is 47.3 Å². The molecule has 5 nitrogen and oxygen atoms in total. The second kappa shape index (κ2) is 5.54. The van der Waals surface area contributed by atoms with Crippen molar-refractivity contribution in [3.63, 3.8) is 0 Å². The molecule has 102 valence electrons. The van der Waals surface area contributed by atoms with Crippen LogP contribution in [0.1, 0.15) is 23.9 Å². The molecule has 0 radical (unpaired) electrons. The van der Waals surface area contributed by atoms with Crippen molar-refractivity contribution in [1.29, 1.82) is 0 Å². The standard InChI is InChI=1S/C13H16N2O3S/c1-3-11-4-6-13(7-5-11)19(16,17)14-9-12-8-10(2)18-15-12/h4-8,14H,3,9H2,1-2H3. The maximum absolute atomic E-state index is 12.0. The maximum Gasteiger partial charge on any atom is 0.240 e. The van der Waals surface area contributed by atoms with Crippen LogP contribution in [-0.2, 0) is 23.0 Å². The van der Waals surface area contributed by atoms with Crippen molar-refractivity contribution >= 4 is 10.0 Å². The Bertz CT molecular complexity index is 645. The first-order valence-corrected chi connectivity index (χ1v) is 7.50. The highest BCUT2D eigenvalue weighted by atomic mass is 32.2. The molecule has 0 amide bonds. The van der Waals surface area contributed by atoms with Gasteiger partial charge in [-0.2, -0.15) is 0 Å². The molecule has 0 atom stereocenters. The number of hydrogen-bond donors (Lipinski definition) is 1. The topological polar surface area (TPSA) is 72.2 Å². The van der Waals surface area contributed by atoms with Gasteiger partial charge < -0.3 is 4.52 Å². The minimum Gasteiger partial charge on any atom is -0.361 e. The number of nitrogens with one attached hydrogen (secondary N) is 1. The van der Waals surface area contributed by atoms with Gasteiger partial charge in [-0.3, -0.25) is 0 Å². The van der Waals surface area contributed by atoms with Crippen LogP contribution in [0, 0.1) is 6.92 Å². The average molecular weight is 280 g/mol. The summed E-state index contributed by atoms with van der Waals surface area (Å²) in [5, 5.41) is 3.74. The van der Waals surface area contributed by atoms with Gasteiger partial charge in [-0.15, -0.1) is 0 Å². The van der Waals surface area contributed by atoms with Gasteiger partial charge in [0.1, 0.15) is 5.76 Å². The average Bonchev–Trinajstić information content (AvgIpc) is 2.82. The number of aryl methyl sites for hydroxylation is 2. The van der Waals surface area contributed by atoms with E-state index in [9.17, 15) is 8.42 Å². The molecule has 19 heavy (non-hydrogen) atoms. The Morgan fingerprint density at radius 3 is 2.47 bits per heavy atom. The molecule has 1 N–H and O–H groups in total. The molecule has 0 fully saturated rings. The zero-order valence-corrected chi connectivity index (χ0v) is 11.7. The highest BCUT2D eigenvalue weighted by molar-refractivity contribution is 7.89. The van der Waals surface area contributed by atoms with E-state index in [1.807, 2.05) is 19.1 Å². The van der Waals surface area contributed by atoms with Gasteiger partial charge in [-0.05, 0) is 31.0 Å². The van der Waals surface area contributed by atoms with Gasteiger partial charge in [0, 0.05) is 6.07 Å². The van der Waals surface area contributed by atoms with Gasteiger partial charge in [0.15, 0.2) is 0 Å². The molecule has 0 spiro atoms. The van der Waals surface area contributed by atoms with E-state index in [-0.39, 0.29) is 11.4 Å². The van der Waals surface area contributed by atoms with Crippen LogP contribution >= 0.6 is 0 Å². The van der Waals surface area contributed by atoms with Crippen LogP contribution in [0.5, 0.6) is 0 Å². The number of sulfonamides is 1. The lowest BCUT2D eigenvalue weighted by molar-refractivity contribution is 0.390. The highest BCUT2D eigenvalue weighted by Crippen LogP contribution is 2.11. The summed E-state index contributed by atoms with van der Waals surface area (Å²) in [6.07, 6.45) is 0.881. The minimum absolute atomic E-state index is 0.120. The van der Waals surface area contributed by atoms with E-state index < -0.39 is 10.0 Å². The molecule has 2 aromatic rings. The van der Waals surface area contributed by atoms with Crippen LogP contribution in [0.15, 0.2) is 39.8 Å². The highest BCUT2D eigenvalue weighted by Gasteiger charge is 2.14. The summed E-state index contributed by atoms with van der Waals surface area (Å²) < 4.78 is 31.5. The van der Waals surface area contributed by atoms with E-state index in [0.717, 1.165) is 12.0 Å². The summed E-state index contributed by atoms with van der Waals surface area (Å²) in [7, 11) is -3.51. The first-order valence-electron chi connectivity index (χ1n) is 6.02. The Kier molecular flexibility index (Phi) is 4.01. The monoisotopic (exact) mass is 280 g/mol. The van der Waals surface area contributed by atoms with Crippen LogP contribution < -0.4 is 4.72 Å². The fraction of sp³-hybridized carbons (Fsp3) is 0.308. The van der Waals surface area contributed by atoms with E-state index >= 15 is 0 Å². The van der Waals surface area contributed by atoms with Crippen LogP contribution in [0.25, 0.3) is 0 Å². The van der Waals surface area contributed by atoms with Crippen molar-refractivity contribution in [2.75, 3.05) is 0 Å². The van der Waals surface area contributed by atoms with Gasteiger partial charge in [0.25, 0.3) is 0 Å². The molecule has 1 aromatic carbocycles. The Balaban J connectivity index is 2.09. The molecule has 0 aliphatic heterocycles. The summed E-state index contributed by atoms with van der Waals surface area (Å²) in [5.41, 5.74) is 1.66. The van der Waals surface area contributed by atoms with E-state index in [4.69, 9.17) is 4.52 Å². The zero-order valence-electron chi connectivity index (χ0n) is 10.9. The summed E-state index contributed by atoms with van der Waals surface area (Å²) in [6.45, 7) is 3.90. The lowest BCUT2D eigenvalue weighted by Crippen LogP contribution is -2.23.